The SMILES string of the molecule is C=CC(=N/C=C(\C)C1=NNC2(S1)C(=O)Nc1ccc(OC)cc12)C(F)(F)F. The number of anilines is 1. The molecule has 6 nitrogen and oxygen atoms in total. The number of methoxy groups -OCH3 is 1. The maximum absolute atomic E-state index is 12.7. The zero-order valence-electron chi connectivity index (χ0n) is 14.3. The molecule has 1 atom stereocenters. The van der Waals surface area contributed by atoms with Crippen LogP contribution in [0.2, 0.25) is 0 Å². The second-order valence-electron chi connectivity index (χ2n) is 5.71. The van der Waals surface area contributed by atoms with Crippen molar-refractivity contribution in [2.24, 2.45) is 10.1 Å². The summed E-state index contributed by atoms with van der Waals surface area (Å²) in [4.78, 5) is 14.8. The number of hydrazone groups is 1. The summed E-state index contributed by atoms with van der Waals surface area (Å²) in [6.07, 6.45) is -2.90. The number of benzene rings is 1. The highest BCUT2D eigenvalue weighted by Gasteiger charge is 2.52. The fourth-order valence-corrected chi connectivity index (χ4v) is 3.66. The molecule has 1 unspecified atom stereocenters. The van der Waals surface area contributed by atoms with Crippen LogP contribution in [0, 0.1) is 0 Å². The van der Waals surface area contributed by atoms with Crippen molar-refractivity contribution in [3.63, 3.8) is 0 Å². The molecule has 142 valence electrons. The molecule has 0 fully saturated rings. The highest BCUT2D eigenvalue weighted by molar-refractivity contribution is 8.16. The van der Waals surface area contributed by atoms with Crippen LogP contribution in [-0.2, 0) is 9.67 Å². The van der Waals surface area contributed by atoms with Crippen molar-refractivity contribution >= 4 is 34.1 Å². The van der Waals surface area contributed by atoms with Crippen molar-refractivity contribution < 1.29 is 22.7 Å². The Kier molecular flexibility index (Phi) is 4.77. The first-order valence-electron chi connectivity index (χ1n) is 7.69. The summed E-state index contributed by atoms with van der Waals surface area (Å²) in [5, 5.41) is 7.24. The van der Waals surface area contributed by atoms with Gasteiger partial charge in [-0.05, 0) is 31.2 Å². The lowest BCUT2D eigenvalue weighted by atomic mass is 10.1. The molecule has 10 heteroatoms. The second kappa shape index (κ2) is 6.76. The van der Waals surface area contributed by atoms with E-state index >= 15 is 0 Å². The van der Waals surface area contributed by atoms with E-state index in [2.05, 4.69) is 27.4 Å². The molecule has 0 radical (unpaired) electrons. The van der Waals surface area contributed by atoms with Crippen molar-refractivity contribution in [2.45, 2.75) is 18.0 Å². The number of nitrogens with zero attached hydrogens (tertiary/aromatic N) is 2. The molecule has 0 bridgehead atoms. The van der Waals surface area contributed by atoms with E-state index in [0.717, 1.165) is 18.0 Å². The third-order valence-electron chi connectivity index (χ3n) is 3.96. The van der Waals surface area contributed by atoms with Crippen LogP contribution in [0.3, 0.4) is 0 Å². The van der Waals surface area contributed by atoms with Crippen molar-refractivity contribution in [3.05, 3.63) is 48.2 Å². The molecule has 0 saturated carbocycles. The van der Waals surface area contributed by atoms with Crippen LogP contribution in [0.25, 0.3) is 0 Å². The van der Waals surface area contributed by atoms with Crippen molar-refractivity contribution in [3.8, 4) is 5.75 Å². The summed E-state index contributed by atoms with van der Waals surface area (Å²) in [5.74, 6) is 0.242. The number of halogens is 3. The van der Waals surface area contributed by atoms with Gasteiger partial charge in [0.1, 0.15) is 16.5 Å². The number of hydrogen-bond donors (Lipinski definition) is 2. The third kappa shape index (κ3) is 3.32. The number of nitrogens with one attached hydrogen (secondary N) is 2. The quantitative estimate of drug-likeness (QED) is 0.764. The number of ether oxygens (including phenoxy) is 1. The van der Waals surface area contributed by atoms with Crippen LogP contribution >= 0.6 is 11.8 Å². The molecule has 1 spiro atoms. The first-order chi connectivity index (χ1) is 12.7. The van der Waals surface area contributed by atoms with Gasteiger partial charge in [0.25, 0.3) is 5.91 Å². The van der Waals surface area contributed by atoms with E-state index in [-0.39, 0.29) is 5.91 Å². The average Bonchev–Trinajstić information content (AvgIpc) is 3.18. The summed E-state index contributed by atoms with van der Waals surface area (Å²) in [7, 11) is 1.51. The number of fused-ring (bicyclic) bond motifs is 2. The van der Waals surface area contributed by atoms with Crippen LogP contribution in [0.5, 0.6) is 5.75 Å². The van der Waals surface area contributed by atoms with Gasteiger partial charge in [0.15, 0.2) is 0 Å². The fourth-order valence-electron chi connectivity index (χ4n) is 2.55. The summed E-state index contributed by atoms with van der Waals surface area (Å²) in [5.41, 5.74) is 3.31. The summed E-state index contributed by atoms with van der Waals surface area (Å²) in [6.45, 7) is 4.68. The molecule has 0 aromatic heterocycles. The Morgan fingerprint density at radius 3 is 2.81 bits per heavy atom. The predicted octanol–water partition coefficient (Wildman–Crippen LogP) is 3.54. The van der Waals surface area contributed by atoms with Gasteiger partial charge in [-0.2, -0.15) is 18.3 Å². The van der Waals surface area contributed by atoms with Crippen molar-refractivity contribution in [1.82, 2.24) is 5.43 Å². The minimum atomic E-state index is -4.59. The maximum atomic E-state index is 12.7. The van der Waals surface area contributed by atoms with Gasteiger partial charge in [0.2, 0.25) is 4.87 Å². The number of amides is 1. The number of hydrogen-bond acceptors (Lipinski definition) is 6. The molecule has 2 N–H and O–H groups in total. The molecular formula is C17H15F3N4O2S. The van der Waals surface area contributed by atoms with Crippen LogP contribution < -0.4 is 15.5 Å². The van der Waals surface area contributed by atoms with Gasteiger partial charge < -0.3 is 10.1 Å². The van der Waals surface area contributed by atoms with Crippen LogP contribution in [-0.4, -0.2) is 29.9 Å². The van der Waals surface area contributed by atoms with Crippen molar-refractivity contribution in [2.75, 3.05) is 12.4 Å². The van der Waals surface area contributed by atoms with E-state index in [0.29, 0.717) is 33.7 Å². The van der Waals surface area contributed by atoms with E-state index < -0.39 is 16.8 Å². The van der Waals surface area contributed by atoms with Crippen LogP contribution in [0.4, 0.5) is 18.9 Å². The maximum Gasteiger partial charge on any atom is 0.433 e. The van der Waals surface area contributed by atoms with E-state index in [1.165, 1.54) is 7.11 Å². The first-order valence-corrected chi connectivity index (χ1v) is 8.51. The molecule has 1 amide bonds. The topological polar surface area (TPSA) is 75.1 Å². The largest absolute Gasteiger partial charge is 0.497 e. The molecule has 27 heavy (non-hydrogen) atoms. The Bertz CT molecular complexity index is 908. The standard InChI is InChI=1S/C17H15F3N4O2S/c1-4-13(17(18,19)20)21-8-9(2)14-23-24-16(27-14)11-7-10(26-3)5-6-12(11)22-15(16)25/h4-8,24H,1H2,2-3H3,(H,22,25)/b9-8+,21-13?. The van der Waals surface area contributed by atoms with Gasteiger partial charge in [-0.3, -0.25) is 15.2 Å². The lowest BCUT2D eigenvalue weighted by Gasteiger charge is -2.20. The molecule has 0 aliphatic carbocycles. The van der Waals surface area contributed by atoms with E-state index in [4.69, 9.17) is 4.74 Å². The number of rotatable bonds is 4. The third-order valence-corrected chi connectivity index (χ3v) is 5.37. The first kappa shape index (κ1) is 19.0. The van der Waals surface area contributed by atoms with Crippen molar-refractivity contribution in [1.29, 1.82) is 0 Å². The van der Waals surface area contributed by atoms with Gasteiger partial charge in [0, 0.05) is 23.0 Å². The predicted molar refractivity (Wildman–Crippen MR) is 98.9 cm³/mol. The smallest absolute Gasteiger partial charge is 0.433 e. The molecular weight excluding hydrogens is 381 g/mol. The number of allylic oxidation sites excluding steroid dienone is 1. The minimum Gasteiger partial charge on any atom is -0.497 e. The molecule has 3 rings (SSSR count). The molecule has 1 aromatic rings. The summed E-state index contributed by atoms with van der Waals surface area (Å²) in [6, 6.07) is 5.14. The summed E-state index contributed by atoms with van der Waals surface area (Å²) >= 11 is 1.09. The van der Waals surface area contributed by atoms with Gasteiger partial charge in [-0.1, -0.05) is 18.3 Å². The number of carbonyl (C=O) groups excluding carboxylic acids is 1. The Labute approximate surface area is 157 Å². The highest BCUT2D eigenvalue weighted by atomic mass is 32.2. The molecule has 2 heterocycles. The van der Waals surface area contributed by atoms with Gasteiger partial charge >= 0.3 is 6.18 Å². The molecule has 1 aromatic carbocycles. The van der Waals surface area contributed by atoms with Crippen LogP contribution in [0.1, 0.15) is 12.5 Å². The Balaban J connectivity index is 1.89. The van der Waals surface area contributed by atoms with Gasteiger partial charge in [-0.25, -0.2) is 0 Å². The number of thioether (sulfide) groups is 1. The van der Waals surface area contributed by atoms with Gasteiger partial charge in [-0.15, -0.1) is 0 Å². The fraction of sp³-hybridized carbons (Fsp3) is 0.235. The Morgan fingerprint density at radius 1 is 1.44 bits per heavy atom. The number of carbonyl (C=O) groups is 1. The Morgan fingerprint density at radius 2 is 2.19 bits per heavy atom. The average molecular weight is 396 g/mol. The molecule has 2 aliphatic heterocycles. The normalized spacial score (nSPS) is 22.3. The molecule has 2 aliphatic rings. The monoisotopic (exact) mass is 396 g/mol. The Hall–Kier alpha value is -2.75. The second-order valence-corrected chi connectivity index (χ2v) is 6.91. The number of aliphatic imine (C=N–C) groups is 1. The zero-order chi connectivity index (χ0) is 19.8. The summed E-state index contributed by atoms with van der Waals surface area (Å²) < 4.78 is 43.4. The lowest BCUT2D eigenvalue weighted by molar-refractivity contribution is -0.118. The van der Waals surface area contributed by atoms with Gasteiger partial charge in [0.05, 0.1) is 7.11 Å². The minimum absolute atomic E-state index is 0.326. The van der Waals surface area contributed by atoms with E-state index in [1.54, 1.807) is 25.1 Å². The zero-order valence-corrected chi connectivity index (χ0v) is 15.2. The highest BCUT2D eigenvalue weighted by Crippen LogP contribution is 2.49. The lowest BCUT2D eigenvalue weighted by Crippen LogP contribution is -2.39. The van der Waals surface area contributed by atoms with Crippen LogP contribution in [0.15, 0.2) is 52.7 Å². The van der Waals surface area contributed by atoms with E-state index in [1.807, 2.05) is 0 Å². The van der Waals surface area contributed by atoms with E-state index in [9.17, 15) is 18.0 Å². The molecule has 0 saturated heterocycles. The number of alkyl halides is 3.